The van der Waals surface area contributed by atoms with E-state index in [0.29, 0.717) is 5.69 Å². The number of carbonyl (C=O) groups excluding carboxylic acids is 1. The van der Waals surface area contributed by atoms with Gasteiger partial charge in [-0.1, -0.05) is 18.2 Å². The van der Waals surface area contributed by atoms with Gasteiger partial charge in [-0.25, -0.2) is 4.21 Å². The molecule has 0 saturated heterocycles. The maximum Gasteiger partial charge on any atom is 0.225 e. The number of rotatable bonds is 5. The molecule has 0 aromatic heterocycles. The Bertz CT molecular complexity index is 368. The van der Waals surface area contributed by atoms with E-state index in [1.165, 1.54) is 0 Å². The van der Waals surface area contributed by atoms with Crippen LogP contribution in [0.25, 0.3) is 0 Å². The molecule has 6 heteroatoms. The Labute approximate surface area is 95.8 Å². The summed E-state index contributed by atoms with van der Waals surface area (Å²) in [4.78, 5) is 11.4. The number of benzene rings is 1. The fourth-order valence-corrected chi connectivity index (χ4v) is 1.56. The maximum absolute atomic E-state index is 11.4. The zero-order valence-electron chi connectivity index (χ0n) is 8.50. The molecule has 3 N–H and O–H groups in total. The van der Waals surface area contributed by atoms with Gasteiger partial charge < -0.3 is 15.0 Å². The van der Waals surface area contributed by atoms with Crippen LogP contribution in [0.15, 0.2) is 30.3 Å². The van der Waals surface area contributed by atoms with Crippen molar-refractivity contribution < 1.29 is 18.7 Å². The number of carbonyl (C=O) groups is 1. The summed E-state index contributed by atoms with van der Waals surface area (Å²) in [6.45, 7) is -0.495. The van der Waals surface area contributed by atoms with Crippen molar-refractivity contribution in [3.8, 4) is 0 Å². The Morgan fingerprint density at radius 3 is 2.50 bits per heavy atom. The lowest BCUT2D eigenvalue weighted by Gasteiger charge is -2.09. The molecule has 0 aliphatic carbocycles. The highest BCUT2D eigenvalue weighted by Gasteiger charge is 2.18. The third kappa shape index (κ3) is 4.09. The van der Waals surface area contributed by atoms with E-state index in [-0.39, 0.29) is 6.42 Å². The molecular weight excluding hydrogens is 230 g/mol. The number of anilines is 1. The van der Waals surface area contributed by atoms with E-state index in [9.17, 15) is 9.00 Å². The van der Waals surface area contributed by atoms with E-state index in [4.69, 9.17) is 9.66 Å². The summed E-state index contributed by atoms with van der Waals surface area (Å²) in [5, 5.41) is 10.4. The molecule has 0 aliphatic rings. The minimum absolute atomic E-state index is 0.186. The summed E-state index contributed by atoms with van der Waals surface area (Å²) in [6.07, 6.45) is -0.186. The molecule has 1 rings (SSSR count). The van der Waals surface area contributed by atoms with E-state index in [2.05, 4.69) is 5.32 Å². The predicted octanol–water partition coefficient (Wildman–Crippen LogP) is 0.598. The first-order chi connectivity index (χ1) is 7.63. The number of aliphatic hydroxyl groups excluding tert-OH is 1. The van der Waals surface area contributed by atoms with Crippen LogP contribution >= 0.6 is 0 Å². The van der Waals surface area contributed by atoms with Gasteiger partial charge in [0.2, 0.25) is 5.91 Å². The summed E-state index contributed by atoms with van der Waals surface area (Å²) in [7, 11) is 0. The van der Waals surface area contributed by atoms with Gasteiger partial charge in [-0.05, 0) is 12.1 Å². The molecule has 0 heterocycles. The van der Waals surface area contributed by atoms with Gasteiger partial charge >= 0.3 is 0 Å². The van der Waals surface area contributed by atoms with Crippen LogP contribution in [0.2, 0.25) is 0 Å². The van der Waals surface area contributed by atoms with E-state index in [1.807, 2.05) is 6.07 Å². The second-order valence-electron chi connectivity index (χ2n) is 3.20. The lowest BCUT2D eigenvalue weighted by Crippen LogP contribution is -2.26. The minimum atomic E-state index is -2.19. The first kappa shape index (κ1) is 12.8. The van der Waals surface area contributed by atoms with Gasteiger partial charge in [0.05, 0.1) is 11.9 Å². The second-order valence-corrected chi connectivity index (χ2v) is 4.42. The highest BCUT2D eigenvalue weighted by Crippen LogP contribution is 2.07. The van der Waals surface area contributed by atoms with Crippen LogP contribution in [0.4, 0.5) is 5.69 Å². The molecule has 1 aromatic carbocycles. The van der Waals surface area contributed by atoms with Crippen molar-refractivity contribution in [1.29, 1.82) is 0 Å². The molecule has 88 valence electrons. The smallest absolute Gasteiger partial charge is 0.225 e. The first-order valence-electron chi connectivity index (χ1n) is 4.69. The number of nitrogens with one attached hydrogen (secondary N) is 1. The van der Waals surface area contributed by atoms with Gasteiger partial charge in [0.15, 0.2) is 11.1 Å². The van der Waals surface area contributed by atoms with Crippen LogP contribution in [0.5, 0.6) is 0 Å². The molecule has 0 fully saturated rings. The second kappa shape index (κ2) is 6.37. The maximum atomic E-state index is 11.4. The fourth-order valence-electron chi connectivity index (χ4n) is 1.14. The molecule has 5 nitrogen and oxygen atoms in total. The third-order valence-electron chi connectivity index (χ3n) is 1.96. The zero-order valence-corrected chi connectivity index (χ0v) is 9.31. The van der Waals surface area contributed by atoms with Crippen molar-refractivity contribution >= 4 is 22.7 Å². The molecular formula is C10H13NO4S. The van der Waals surface area contributed by atoms with Gasteiger partial charge in [-0.15, -0.1) is 0 Å². The molecule has 1 amide bonds. The van der Waals surface area contributed by atoms with Crippen molar-refractivity contribution in [2.24, 2.45) is 0 Å². The molecule has 2 atom stereocenters. The molecule has 1 aromatic rings. The van der Waals surface area contributed by atoms with Gasteiger partial charge in [-0.2, -0.15) is 0 Å². The number of aliphatic hydroxyl groups is 1. The van der Waals surface area contributed by atoms with Crippen molar-refractivity contribution in [2.75, 3.05) is 11.9 Å². The first-order valence-corrected chi connectivity index (χ1v) is 5.86. The number of amides is 1. The molecule has 16 heavy (non-hydrogen) atoms. The average Bonchev–Trinajstić information content (AvgIpc) is 2.27. The van der Waals surface area contributed by atoms with Gasteiger partial charge in [0.1, 0.15) is 0 Å². The summed E-state index contributed by atoms with van der Waals surface area (Å²) in [5.74, 6) is -0.396. The average molecular weight is 243 g/mol. The van der Waals surface area contributed by atoms with Crippen LogP contribution in [0, 0.1) is 0 Å². The largest absolute Gasteiger partial charge is 0.395 e. The summed E-state index contributed by atoms with van der Waals surface area (Å²) >= 11 is -2.19. The lowest BCUT2D eigenvalue weighted by atomic mass is 10.2. The summed E-state index contributed by atoms with van der Waals surface area (Å²) in [6, 6.07) is 8.77. The van der Waals surface area contributed by atoms with Crippen molar-refractivity contribution in [3.63, 3.8) is 0 Å². The van der Waals surface area contributed by atoms with Crippen molar-refractivity contribution in [3.05, 3.63) is 30.3 Å². The monoisotopic (exact) mass is 243 g/mol. The Balaban J connectivity index is 2.50. The Hall–Kier alpha value is -1.24. The van der Waals surface area contributed by atoms with Crippen molar-refractivity contribution in [1.82, 2.24) is 0 Å². The van der Waals surface area contributed by atoms with Crippen LogP contribution in [0.3, 0.4) is 0 Å². The summed E-state index contributed by atoms with van der Waals surface area (Å²) in [5.41, 5.74) is 0.618. The van der Waals surface area contributed by atoms with Crippen LogP contribution in [-0.2, 0) is 15.9 Å². The predicted molar refractivity (Wildman–Crippen MR) is 61.3 cm³/mol. The normalized spacial score (nSPS) is 14.1. The van der Waals surface area contributed by atoms with E-state index < -0.39 is 28.8 Å². The number of hydrogen-bond donors (Lipinski definition) is 3. The zero-order chi connectivity index (χ0) is 12.0. The van der Waals surface area contributed by atoms with Gasteiger partial charge in [0.25, 0.3) is 0 Å². The SMILES string of the molecule is O=C(CC(CO)S(=O)O)Nc1ccccc1. The minimum Gasteiger partial charge on any atom is -0.395 e. The highest BCUT2D eigenvalue weighted by molar-refractivity contribution is 7.79. The van der Waals surface area contributed by atoms with E-state index in [0.717, 1.165) is 0 Å². The highest BCUT2D eigenvalue weighted by atomic mass is 32.2. The van der Waals surface area contributed by atoms with Gasteiger partial charge in [-0.3, -0.25) is 4.79 Å². The third-order valence-corrected chi connectivity index (χ3v) is 2.85. The molecule has 2 unspecified atom stereocenters. The molecule has 0 aliphatic heterocycles. The Kier molecular flexibility index (Phi) is 5.10. The van der Waals surface area contributed by atoms with E-state index in [1.54, 1.807) is 24.3 Å². The lowest BCUT2D eigenvalue weighted by molar-refractivity contribution is -0.116. The van der Waals surface area contributed by atoms with Crippen LogP contribution in [0.1, 0.15) is 6.42 Å². The quantitative estimate of drug-likeness (QED) is 0.661. The van der Waals surface area contributed by atoms with Crippen LogP contribution in [-0.4, -0.2) is 31.6 Å². The Morgan fingerprint density at radius 2 is 2.00 bits per heavy atom. The van der Waals surface area contributed by atoms with Crippen LogP contribution < -0.4 is 5.32 Å². The molecule has 0 spiro atoms. The Morgan fingerprint density at radius 1 is 1.38 bits per heavy atom. The number of para-hydroxylation sites is 1. The van der Waals surface area contributed by atoms with Crippen molar-refractivity contribution in [2.45, 2.75) is 11.7 Å². The molecule has 0 saturated carbocycles. The van der Waals surface area contributed by atoms with Gasteiger partial charge in [0, 0.05) is 12.1 Å². The standard InChI is InChI=1S/C10H13NO4S/c12-7-9(16(14)15)6-10(13)11-8-4-2-1-3-5-8/h1-5,9,12H,6-7H2,(H,11,13)(H,14,15). The fraction of sp³-hybridized carbons (Fsp3) is 0.300. The molecule has 0 radical (unpaired) electrons. The summed E-state index contributed by atoms with van der Waals surface area (Å²) < 4.78 is 19.4. The number of hydrogen-bond acceptors (Lipinski definition) is 3. The topological polar surface area (TPSA) is 86.6 Å². The van der Waals surface area contributed by atoms with E-state index >= 15 is 0 Å². The molecule has 0 bridgehead atoms.